The predicted molar refractivity (Wildman–Crippen MR) is 102 cm³/mol. The fourth-order valence-corrected chi connectivity index (χ4v) is 3.74. The fourth-order valence-electron chi connectivity index (χ4n) is 2.83. The molecule has 0 amide bonds. The maximum Gasteiger partial charge on any atom is 0.416 e. The maximum atomic E-state index is 13.0. The third-order valence-electron chi connectivity index (χ3n) is 4.19. The van der Waals surface area contributed by atoms with Crippen molar-refractivity contribution in [3.05, 3.63) is 71.4 Å². The van der Waals surface area contributed by atoms with Crippen LogP contribution in [0, 0.1) is 6.92 Å². The van der Waals surface area contributed by atoms with Crippen molar-refractivity contribution < 1.29 is 13.2 Å². The Balaban J connectivity index is 1.79. The van der Waals surface area contributed by atoms with Crippen LogP contribution in [-0.4, -0.2) is 9.97 Å². The second-order valence-electron chi connectivity index (χ2n) is 6.12. The number of nitrogens with zero attached hydrogens (tertiary/aromatic N) is 2. The van der Waals surface area contributed by atoms with Gasteiger partial charge in [-0.15, -0.1) is 11.3 Å². The van der Waals surface area contributed by atoms with Gasteiger partial charge in [0.05, 0.1) is 10.9 Å². The van der Waals surface area contributed by atoms with Crippen LogP contribution in [0.5, 0.6) is 0 Å². The number of thiophene rings is 1. The molecule has 0 bridgehead atoms. The molecule has 0 unspecified atom stereocenters. The molecule has 136 valence electrons. The second kappa shape index (κ2) is 6.66. The summed E-state index contributed by atoms with van der Waals surface area (Å²) in [4.78, 5) is 9.34. The lowest BCUT2D eigenvalue weighted by Gasteiger charge is -2.11. The quantitative estimate of drug-likeness (QED) is 0.442. The molecule has 0 radical (unpaired) electrons. The van der Waals surface area contributed by atoms with Crippen molar-refractivity contribution in [3.63, 3.8) is 0 Å². The number of fused-ring (bicyclic) bond motifs is 1. The Morgan fingerprint density at radius 1 is 1.00 bits per heavy atom. The molecule has 2 heterocycles. The number of alkyl halides is 3. The minimum atomic E-state index is -4.39. The molecule has 0 aliphatic rings. The van der Waals surface area contributed by atoms with Crippen molar-refractivity contribution in [2.45, 2.75) is 13.1 Å². The van der Waals surface area contributed by atoms with Gasteiger partial charge in [-0.2, -0.15) is 13.2 Å². The lowest BCUT2D eigenvalue weighted by Crippen LogP contribution is -2.05. The first-order chi connectivity index (χ1) is 12.9. The highest BCUT2D eigenvalue weighted by Gasteiger charge is 2.30. The van der Waals surface area contributed by atoms with Gasteiger partial charge < -0.3 is 5.32 Å². The van der Waals surface area contributed by atoms with Gasteiger partial charge in [-0.1, -0.05) is 35.9 Å². The number of benzene rings is 2. The summed E-state index contributed by atoms with van der Waals surface area (Å²) in [6, 6.07) is 13.1. The summed E-state index contributed by atoms with van der Waals surface area (Å²) in [7, 11) is 0. The Morgan fingerprint density at radius 2 is 1.78 bits per heavy atom. The van der Waals surface area contributed by atoms with Crippen LogP contribution in [-0.2, 0) is 6.18 Å². The molecule has 0 fully saturated rings. The van der Waals surface area contributed by atoms with Crippen molar-refractivity contribution in [2.75, 3.05) is 5.32 Å². The number of rotatable bonds is 3. The Bertz CT molecular complexity index is 1100. The van der Waals surface area contributed by atoms with Gasteiger partial charge >= 0.3 is 6.18 Å². The van der Waals surface area contributed by atoms with E-state index in [1.165, 1.54) is 23.7 Å². The predicted octanol–water partition coefficient (Wildman–Crippen LogP) is 6.43. The van der Waals surface area contributed by atoms with Crippen LogP contribution in [0.1, 0.15) is 11.1 Å². The number of aryl methyl sites for hydroxylation is 1. The Labute approximate surface area is 157 Å². The molecule has 0 aliphatic heterocycles. The van der Waals surface area contributed by atoms with E-state index in [1.807, 2.05) is 36.6 Å². The van der Waals surface area contributed by atoms with Gasteiger partial charge in [-0.05, 0) is 30.7 Å². The lowest BCUT2D eigenvalue weighted by molar-refractivity contribution is -0.137. The van der Waals surface area contributed by atoms with E-state index < -0.39 is 11.7 Å². The third kappa shape index (κ3) is 3.50. The molecule has 0 spiro atoms. The highest BCUT2D eigenvalue weighted by molar-refractivity contribution is 7.17. The molecule has 27 heavy (non-hydrogen) atoms. The van der Waals surface area contributed by atoms with E-state index in [9.17, 15) is 13.2 Å². The molecule has 4 aromatic rings. The largest absolute Gasteiger partial charge is 0.416 e. The molecule has 0 atom stereocenters. The van der Waals surface area contributed by atoms with Gasteiger partial charge in [0.2, 0.25) is 0 Å². The minimum Gasteiger partial charge on any atom is -0.340 e. The van der Waals surface area contributed by atoms with Gasteiger partial charge in [-0.25, -0.2) is 9.97 Å². The Kier molecular flexibility index (Phi) is 4.31. The zero-order valence-electron chi connectivity index (χ0n) is 14.2. The molecule has 2 aromatic carbocycles. The summed E-state index contributed by atoms with van der Waals surface area (Å²) in [6.45, 7) is 2.01. The zero-order chi connectivity index (χ0) is 19.0. The van der Waals surface area contributed by atoms with Crippen molar-refractivity contribution >= 4 is 33.1 Å². The van der Waals surface area contributed by atoms with E-state index in [0.29, 0.717) is 11.5 Å². The molecule has 2 aromatic heterocycles. The van der Waals surface area contributed by atoms with Gasteiger partial charge in [-0.3, -0.25) is 0 Å². The molecule has 3 nitrogen and oxygen atoms in total. The van der Waals surface area contributed by atoms with Gasteiger partial charge in [0.25, 0.3) is 0 Å². The van der Waals surface area contributed by atoms with Crippen molar-refractivity contribution in [2.24, 2.45) is 0 Å². The lowest BCUT2D eigenvalue weighted by atomic mass is 10.0. The van der Waals surface area contributed by atoms with Crippen LogP contribution >= 0.6 is 11.3 Å². The maximum absolute atomic E-state index is 13.0. The molecule has 0 saturated carbocycles. The minimum absolute atomic E-state index is 0.325. The summed E-state index contributed by atoms with van der Waals surface area (Å²) in [5, 5.41) is 5.81. The summed E-state index contributed by atoms with van der Waals surface area (Å²) < 4.78 is 38.9. The van der Waals surface area contributed by atoms with E-state index in [2.05, 4.69) is 15.3 Å². The molecule has 0 aliphatic carbocycles. The van der Waals surface area contributed by atoms with Gasteiger partial charge in [0.1, 0.15) is 17.0 Å². The van der Waals surface area contributed by atoms with Crippen LogP contribution in [0.3, 0.4) is 0 Å². The van der Waals surface area contributed by atoms with E-state index in [1.54, 1.807) is 6.07 Å². The van der Waals surface area contributed by atoms with E-state index in [0.717, 1.165) is 39.0 Å². The van der Waals surface area contributed by atoms with E-state index in [-0.39, 0.29) is 0 Å². The standard InChI is InChI=1S/C20H14F3N3S/c1-12-5-7-13(8-6-12)16-10-27-19-17(16)18(24-11-25-19)26-15-4-2-3-14(9-15)20(21,22)23/h2-11H,1H3,(H,24,25,26). The highest BCUT2D eigenvalue weighted by atomic mass is 32.1. The highest BCUT2D eigenvalue weighted by Crippen LogP contribution is 2.38. The first-order valence-corrected chi connectivity index (χ1v) is 9.03. The number of anilines is 2. The average molecular weight is 385 g/mol. The molecule has 4 rings (SSSR count). The first-order valence-electron chi connectivity index (χ1n) is 8.15. The van der Waals surface area contributed by atoms with Crippen LogP contribution in [0.4, 0.5) is 24.7 Å². The molecular formula is C20H14F3N3S. The van der Waals surface area contributed by atoms with Crippen molar-refractivity contribution in [1.29, 1.82) is 0 Å². The number of hydrogen-bond donors (Lipinski definition) is 1. The average Bonchev–Trinajstić information content (AvgIpc) is 3.07. The van der Waals surface area contributed by atoms with Crippen LogP contribution in [0.15, 0.2) is 60.2 Å². The number of hydrogen-bond acceptors (Lipinski definition) is 4. The Hall–Kier alpha value is -2.93. The molecular weight excluding hydrogens is 371 g/mol. The van der Waals surface area contributed by atoms with Crippen LogP contribution in [0.25, 0.3) is 21.3 Å². The molecule has 7 heteroatoms. The van der Waals surface area contributed by atoms with Crippen LogP contribution < -0.4 is 5.32 Å². The second-order valence-corrected chi connectivity index (χ2v) is 6.98. The number of aromatic nitrogens is 2. The summed E-state index contributed by atoms with van der Waals surface area (Å²) >= 11 is 1.47. The Morgan fingerprint density at radius 3 is 2.52 bits per heavy atom. The fraction of sp³-hybridized carbons (Fsp3) is 0.100. The van der Waals surface area contributed by atoms with Gasteiger partial charge in [0.15, 0.2) is 0 Å². The monoisotopic (exact) mass is 385 g/mol. The smallest absolute Gasteiger partial charge is 0.340 e. The third-order valence-corrected chi connectivity index (χ3v) is 5.07. The topological polar surface area (TPSA) is 37.8 Å². The molecule has 0 saturated heterocycles. The van der Waals surface area contributed by atoms with E-state index in [4.69, 9.17) is 0 Å². The molecule has 1 N–H and O–H groups in total. The summed E-state index contributed by atoms with van der Waals surface area (Å²) in [5.74, 6) is 0.483. The van der Waals surface area contributed by atoms with Gasteiger partial charge in [0, 0.05) is 16.6 Å². The van der Waals surface area contributed by atoms with E-state index >= 15 is 0 Å². The first kappa shape index (κ1) is 17.5. The van der Waals surface area contributed by atoms with Crippen molar-refractivity contribution in [3.8, 4) is 11.1 Å². The van der Waals surface area contributed by atoms with Crippen LogP contribution in [0.2, 0.25) is 0 Å². The SMILES string of the molecule is Cc1ccc(-c2csc3ncnc(Nc4cccc(C(F)(F)F)c4)c23)cc1. The summed E-state index contributed by atoms with van der Waals surface area (Å²) in [6.07, 6.45) is -2.98. The normalized spacial score (nSPS) is 11.7. The van der Waals surface area contributed by atoms with Crippen molar-refractivity contribution in [1.82, 2.24) is 9.97 Å². The number of halogens is 3. The number of nitrogens with one attached hydrogen (secondary N) is 1. The zero-order valence-corrected chi connectivity index (χ0v) is 15.0. The summed E-state index contributed by atoms with van der Waals surface area (Å²) in [5.41, 5.74) is 2.73.